The van der Waals surface area contributed by atoms with Gasteiger partial charge in [0.15, 0.2) is 5.96 Å². The van der Waals surface area contributed by atoms with Gasteiger partial charge in [-0.05, 0) is 57.4 Å². The minimum absolute atomic E-state index is 0.155. The first-order chi connectivity index (χ1) is 15.2. The van der Waals surface area contributed by atoms with Gasteiger partial charge in [-0.3, -0.25) is 4.99 Å². The Labute approximate surface area is 187 Å². The first-order valence-electron chi connectivity index (χ1n) is 11.1. The van der Waals surface area contributed by atoms with E-state index in [2.05, 4.69) is 15.6 Å². The van der Waals surface area contributed by atoms with Crippen molar-refractivity contribution in [1.82, 2.24) is 5.32 Å². The molecule has 0 unspecified atom stereocenters. The van der Waals surface area contributed by atoms with Crippen molar-refractivity contribution in [1.29, 1.82) is 0 Å². The van der Waals surface area contributed by atoms with Gasteiger partial charge in [-0.25, -0.2) is 0 Å². The highest BCUT2D eigenvalue weighted by molar-refractivity contribution is 5.93. The summed E-state index contributed by atoms with van der Waals surface area (Å²) in [5.74, 6) is 1.61. The zero-order valence-electron chi connectivity index (χ0n) is 19.7. The highest BCUT2D eigenvalue weighted by Gasteiger charge is 2.02. The molecular formula is C23H41N3O5. The standard InChI is InChI=1S/C23H41N3O5/c1-20(2)31-22-10-8-21(9-11-22)26-23(25-13-7-15-30-19-17-28-4)24-12-5-6-14-29-18-16-27-3/h8-11,20H,5-7,12-19H2,1-4H3,(H2,24,25,26). The zero-order chi connectivity index (χ0) is 22.6. The third-order valence-electron chi connectivity index (χ3n) is 4.08. The minimum Gasteiger partial charge on any atom is -0.491 e. The maximum atomic E-state index is 5.70. The summed E-state index contributed by atoms with van der Waals surface area (Å²) in [5.41, 5.74) is 0.960. The molecule has 0 aromatic heterocycles. The molecule has 31 heavy (non-hydrogen) atoms. The van der Waals surface area contributed by atoms with Gasteiger partial charge in [0.2, 0.25) is 0 Å². The molecule has 0 aliphatic rings. The molecule has 0 spiro atoms. The molecule has 2 N–H and O–H groups in total. The van der Waals surface area contributed by atoms with Crippen molar-refractivity contribution >= 4 is 11.6 Å². The summed E-state index contributed by atoms with van der Waals surface area (Å²) in [6, 6.07) is 7.90. The second-order valence-corrected chi connectivity index (χ2v) is 7.24. The fourth-order valence-corrected chi connectivity index (χ4v) is 2.55. The molecule has 0 atom stereocenters. The van der Waals surface area contributed by atoms with E-state index in [1.165, 1.54) is 0 Å². The lowest BCUT2D eigenvalue weighted by Gasteiger charge is -2.14. The number of guanidine groups is 1. The number of methoxy groups -OCH3 is 2. The number of hydrogen-bond donors (Lipinski definition) is 2. The van der Waals surface area contributed by atoms with E-state index in [0.29, 0.717) is 39.6 Å². The quantitative estimate of drug-likeness (QED) is 0.206. The van der Waals surface area contributed by atoms with Gasteiger partial charge in [0.05, 0.1) is 32.5 Å². The van der Waals surface area contributed by atoms with Crippen LogP contribution >= 0.6 is 0 Å². The van der Waals surface area contributed by atoms with Crippen LogP contribution in [0, 0.1) is 0 Å². The van der Waals surface area contributed by atoms with Gasteiger partial charge >= 0.3 is 0 Å². The Morgan fingerprint density at radius 1 is 0.839 bits per heavy atom. The Morgan fingerprint density at radius 3 is 2.10 bits per heavy atom. The fourth-order valence-electron chi connectivity index (χ4n) is 2.55. The molecule has 0 saturated carbocycles. The average Bonchev–Trinajstić information content (AvgIpc) is 2.75. The Kier molecular flexibility index (Phi) is 16.5. The molecular weight excluding hydrogens is 398 g/mol. The number of ether oxygens (including phenoxy) is 5. The van der Waals surface area contributed by atoms with Gasteiger partial charge in [-0.15, -0.1) is 0 Å². The predicted molar refractivity (Wildman–Crippen MR) is 125 cm³/mol. The van der Waals surface area contributed by atoms with Gasteiger partial charge in [0.25, 0.3) is 0 Å². The SMILES string of the molecule is COCCOCCCCNC(=NCCCOCCOC)Nc1ccc(OC(C)C)cc1. The molecule has 8 nitrogen and oxygen atoms in total. The van der Waals surface area contributed by atoms with E-state index in [1.807, 2.05) is 38.1 Å². The maximum Gasteiger partial charge on any atom is 0.195 e. The van der Waals surface area contributed by atoms with Crippen LogP contribution in [0.5, 0.6) is 5.75 Å². The smallest absolute Gasteiger partial charge is 0.195 e. The van der Waals surface area contributed by atoms with Crippen molar-refractivity contribution in [2.75, 3.05) is 72.3 Å². The number of nitrogens with zero attached hydrogens (tertiary/aromatic N) is 1. The molecule has 0 aliphatic carbocycles. The number of benzene rings is 1. The third kappa shape index (κ3) is 15.6. The molecule has 0 amide bonds. The predicted octanol–water partition coefficient (Wildman–Crippen LogP) is 3.33. The largest absolute Gasteiger partial charge is 0.491 e. The molecule has 0 fully saturated rings. The maximum absolute atomic E-state index is 5.70. The number of hydrogen-bond acceptors (Lipinski definition) is 6. The lowest BCUT2D eigenvalue weighted by molar-refractivity contribution is 0.0689. The summed E-state index contributed by atoms with van der Waals surface area (Å²) >= 11 is 0. The Bertz CT molecular complexity index is 567. The Balaban J connectivity index is 2.44. The van der Waals surface area contributed by atoms with Crippen molar-refractivity contribution < 1.29 is 23.7 Å². The monoisotopic (exact) mass is 439 g/mol. The molecule has 8 heteroatoms. The molecule has 1 rings (SSSR count). The highest BCUT2D eigenvalue weighted by atomic mass is 16.5. The molecule has 1 aromatic rings. The Morgan fingerprint density at radius 2 is 1.48 bits per heavy atom. The summed E-state index contributed by atoms with van der Waals surface area (Å²) in [7, 11) is 3.35. The Hall–Kier alpha value is -1.87. The number of rotatable bonds is 18. The number of nitrogens with one attached hydrogen (secondary N) is 2. The van der Waals surface area contributed by atoms with Crippen LogP contribution in [0.2, 0.25) is 0 Å². The van der Waals surface area contributed by atoms with Crippen LogP contribution in [-0.4, -0.2) is 79.0 Å². The second-order valence-electron chi connectivity index (χ2n) is 7.24. The average molecular weight is 440 g/mol. The molecule has 1 aromatic carbocycles. The van der Waals surface area contributed by atoms with E-state index in [-0.39, 0.29) is 6.10 Å². The highest BCUT2D eigenvalue weighted by Crippen LogP contribution is 2.16. The summed E-state index contributed by atoms with van der Waals surface area (Å²) < 4.78 is 26.7. The van der Waals surface area contributed by atoms with Gasteiger partial charge in [-0.1, -0.05) is 0 Å². The second kappa shape index (κ2) is 18.9. The van der Waals surface area contributed by atoms with Crippen molar-refractivity contribution in [3.8, 4) is 5.75 Å². The van der Waals surface area contributed by atoms with Crippen LogP contribution in [0.3, 0.4) is 0 Å². The molecule has 0 bridgehead atoms. The lowest BCUT2D eigenvalue weighted by Crippen LogP contribution is -2.32. The van der Waals surface area contributed by atoms with E-state index in [0.717, 1.165) is 49.8 Å². The van der Waals surface area contributed by atoms with E-state index in [9.17, 15) is 0 Å². The van der Waals surface area contributed by atoms with Crippen LogP contribution < -0.4 is 15.4 Å². The fraction of sp³-hybridized carbons (Fsp3) is 0.696. The van der Waals surface area contributed by atoms with Crippen molar-refractivity contribution in [3.05, 3.63) is 24.3 Å². The summed E-state index contributed by atoms with van der Waals surface area (Å²) in [6.45, 7) is 9.43. The zero-order valence-corrected chi connectivity index (χ0v) is 19.7. The first-order valence-corrected chi connectivity index (χ1v) is 11.1. The van der Waals surface area contributed by atoms with Gasteiger partial charge in [0.1, 0.15) is 5.75 Å². The third-order valence-corrected chi connectivity index (χ3v) is 4.08. The number of unbranched alkanes of at least 4 members (excludes halogenated alkanes) is 1. The molecule has 0 heterocycles. The minimum atomic E-state index is 0.155. The summed E-state index contributed by atoms with van der Waals surface area (Å²) in [4.78, 5) is 4.67. The van der Waals surface area contributed by atoms with Crippen LogP contribution in [0.25, 0.3) is 0 Å². The van der Waals surface area contributed by atoms with Gasteiger partial charge in [0, 0.05) is 46.2 Å². The van der Waals surface area contributed by atoms with Crippen LogP contribution in [0.15, 0.2) is 29.3 Å². The molecule has 0 radical (unpaired) electrons. The van der Waals surface area contributed by atoms with E-state index in [1.54, 1.807) is 14.2 Å². The first kappa shape index (κ1) is 27.2. The molecule has 0 saturated heterocycles. The van der Waals surface area contributed by atoms with E-state index >= 15 is 0 Å². The number of aliphatic imine (C=N–C) groups is 1. The summed E-state index contributed by atoms with van der Waals surface area (Å²) in [5, 5.41) is 6.76. The van der Waals surface area contributed by atoms with E-state index in [4.69, 9.17) is 23.7 Å². The van der Waals surface area contributed by atoms with E-state index < -0.39 is 0 Å². The van der Waals surface area contributed by atoms with Crippen molar-refractivity contribution in [2.24, 2.45) is 4.99 Å². The normalized spacial score (nSPS) is 11.7. The lowest BCUT2D eigenvalue weighted by atomic mass is 10.3. The topological polar surface area (TPSA) is 82.6 Å². The molecule has 178 valence electrons. The van der Waals surface area contributed by atoms with Crippen molar-refractivity contribution in [2.45, 2.75) is 39.2 Å². The van der Waals surface area contributed by atoms with Crippen LogP contribution in [0.4, 0.5) is 5.69 Å². The van der Waals surface area contributed by atoms with Crippen LogP contribution in [-0.2, 0) is 18.9 Å². The van der Waals surface area contributed by atoms with Gasteiger partial charge in [-0.2, -0.15) is 0 Å². The summed E-state index contributed by atoms with van der Waals surface area (Å²) in [6.07, 6.45) is 2.99. The number of anilines is 1. The molecule has 0 aliphatic heterocycles. The van der Waals surface area contributed by atoms with Gasteiger partial charge < -0.3 is 34.3 Å². The van der Waals surface area contributed by atoms with Crippen molar-refractivity contribution in [3.63, 3.8) is 0 Å². The van der Waals surface area contributed by atoms with Crippen LogP contribution in [0.1, 0.15) is 33.1 Å².